The lowest BCUT2D eigenvalue weighted by Gasteiger charge is -2.12. The first-order chi connectivity index (χ1) is 12.5. The van der Waals surface area contributed by atoms with E-state index in [0.29, 0.717) is 23.7 Å². The summed E-state index contributed by atoms with van der Waals surface area (Å²) < 4.78 is 11.5. The predicted molar refractivity (Wildman–Crippen MR) is 97.8 cm³/mol. The highest BCUT2D eigenvalue weighted by atomic mass is 16.5. The van der Waals surface area contributed by atoms with Crippen LogP contribution < -0.4 is 20.9 Å². The number of rotatable bonds is 7. The molecule has 1 aromatic heterocycles. The van der Waals surface area contributed by atoms with E-state index in [-0.39, 0.29) is 23.6 Å². The van der Waals surface area contributed by atoms with Gasteiger partial charge < -0.3 is 24.7 Å². The molecule has 0 radical (unpaired) electrons. The molecule has 0 atom stereocenters. The molecule has 0 saturated heterocycles. The van der Waals surface area contributed by atoms with Crippen LogP contribution in [-0.4, -0.2) is 37.2 Å². The molecule has 0 unspecified atom stereocenters. The highest BCUT2D eigenvalue weighted by Crippen LogP contribution is 2.28. The maximum atomic E-state index is 12.3. The van der Waals surface area contributed by atoms with Gasteiger partial charge in [0.2, 0.25) is 5.91 Å². The summed E-state index contributed by atoms with van der Waals surface area (Å²) in [7, 11) is 2.88. The van der Waals surface area contributed by atoms with Gasteiger partial charge in [-0.3, -0.25) is 14.4 Å². The van der Waals surface area contributed by atoms with Gasteiger partial charge in [0.1, 0.15) is 12.4 Å². The fourth-order valence-corrected chi connectivity index (χ4v) is 2.30. The van der Waals surface area contributed by atoms with Crippen molar-refractivity contribution >= 4 is 23.2 Å². The third-order valence-corrected chi connectivity index (χ3v) is 3.61. The molecule has 8 nitrogen and oxygen atoms in total. The fourth-order valence-electron chi connectivity index (χ4n) is 2.30. The van der Waals surface area contributed by atoms with Gasteiger partial charge >= 0.3 is 0 Å². The van der Waals surface area contributed by atoms with Crippen molar-refractivity contribution in [1.29, 1.82) is 0 Å². The van der Waals surface area contributed by atoms with E-state index in [1.807, 2.05) is 6.92 Å². The number of carbonyl (C=O) groups is 2. The predicted octanol–water partition coefficient (Wildman–Crippen LogP) is 1.71. The normalized spacial score (nSPS) is 10.3. The molecule has 0 aliphatic heterocycles. The lowest BCUT2D eigenvalue weighted by Crippen LogP contribution is -2.21. The lowest BCUT2D eigenvalue weighted by molar-refractivity contribution is -0.119. The highest BCUT2D eigenvalue weighted by Gasteiger charge is 2.11. The van der Waals surface area contributed by atoms with E-state index < -0.39 is 5.91 Å². The van der Waals surface area contributed by atoms with Crippen LogP contribution in [0.1, 0.15) is 17.3 Å². The second kappa shape index (κ2) is 8.82. The summed E-state index contributed by atoms with van der Waals surface area (Å²) in [5.41, 5.74) is 0.944. The SMILES string of the molecule is CCn1ccc(C(=O)Nc2ccc(NC(=O)COC)c(OC)c2)cc1=O. The summed E-state index contributed by atoms with van der Waals surface area (Å²) in [6, 6.07) is 7.67. The first-order valence-electron chi connectivity index (χ1n) is 7.97. The van der Waals surface area contributed by atoms with Crippen molar-refractivity contribution in [3.8, 4) is 5.75 Å². The van der Waals surface area contributed by atoms with Gasteiger partial charge in [-0.2, -0.15) is 0 Å². The van der Waals surface area contributed by atoms with Crippen LogP contribution in [0.25, 0.3) is 0 Å². The lowest BCUT2D eigenvalue weighted by atomic mass is 10.2. The van der Waals surface area contributed by atoms with Gasteiger partial charge in [-0.25, -0.2) is 0 Å². The summed E-state index contributed by atoms with van der Waals surface area (Å²) >= 11 is 0. The Morgan fingerprint density at radius 3 is 2.50 bits per heavy atom. The summed E-state index contributed by atoms with van der Waals surface area (Å²) in [5, 5.41) is 5.35. The number of hydrogen-bond donors (Lipinski definition) is 2. The zero-order valence-electron chi connectivity index (χ0n) is 14.9. The number of carbonyl (C=O) groups excluding carboxylic acids is 2. The van der Waals surface area contributed by atoms with Crippen LogP contribution in [0.3, 0.4) is 0 Å². The highest BCUT2D eigenvalue weighted by molar-refractivity contribution is 6.04. The number of methoxy groups -OCH3 is 2. The summed E-state index contributed by atoms with van der Waals surface area (Å²) in [6.45, 7) is 2.31. The number of benzene rings is 1. The molecule has 2 amide bonds. The molecule has 2 rings (SSSR count). The maximum absolute atomic E-state index is 12.3. The molecule has 2 N–H and O–H groups in total. The van der Waals surface area contributed by atoms with Crippen LogP contribution in [0.2, 0.25) is 0 Å². The van der Waals surface area contributed by atoms with Gasteiger partial charge in [0.25, 0.3) is 11.5 Å². The Labute approximate surface area is 150 Å². The molecule has 2 aromatic rings. The second-order valence-electron chi connectivity index (χ2n) is 5.39. The van der Waals surface area contributed by atoms with Gasteiger partial charge in [-0.15, -0.1) is 0 Å². The van der Waals surface area contributed by atoms with E-state index in [1.165, 1.54) is 24.9 Å². The smallest absolute Gasteiger partial charge is 0.255 e. The Balaban J connectivity index is 2.16. The molecule has 8 heteroatoms. The van der Waals surface area contributed by atoms with E-state index in [0.717, 1.165) is 0 Å². The Morgan fingerprint density at radius 1 is 1.12 bits per heavy atom. The average molecular weight is 359 g/mol. The van der Waals surface area contributed by atoms with Gasteiger partial charge in [0.05, 0.1) is 12.8 Å². The van der Waals surface area contributed by atoms with Crippen LogP contribution in [-0.2, 0) is 16.1 Å². The third-order valence-electron chi connectivity index (χ3n) is 3.61. The molecule has 0 bridgehead atoms. The van der Waals surface area contributed by atoms with E-state index >= 15 is 0 Å². The number of nitrogens with one attached hydrogen (secondary N) is 2. The molecule has 0 aliphatic rings. The van der Waals surface area contributed by atoms with Crippen LogP contribution in [0, 0.1) is 0 Å². The molecule has 1 aromatic carbocycles. The molecule has 26 heavy (non-hydrogen) atoms. The zero-order valence-corrected chi connectivity index (χ0v) is 14.9. The molecule has 0 aliphatic carbocycles. The minimum atomic E-state index is -0.413. The Kier molecular flexibility index (Phi) is 6.51. The van der Waals surface area contributed by atoms with Crippen LogP contribution in [0.4, 0.5) is 11.4 Å². The first-order valence-corrected chi connectivity index (χ1v) is 7.97. The largest absolute Gasteiger partial charge is 0.494 e. The van der Waals surface area contributed by atoms with E-state index in [2.05, 4.69) is 10.6 Å². The summed E-state index contributed by atoms with van der Waals surface area (Å²) in [6.07, 6.45) is 1.58. The third kappa shape index (κ3) is 4.70. The second-order valence-corrected chi connectivity index (χ2v) is 5.39. The number of nitrogens with zero attached hydrogens (tertiary/aromatic N) is 1. The maximum Gasteiger partial charge on any atom is 0.255 e. The minimum absolute atomic E-state index is 0.0784. The topological polar surface area (TPSA) is 98.7 Å². The van der Waals surface area contributed by atoms with Crippen molar-refractivity contribution in [1.82, 2.24) is 4.57 Å². The molecular formula is C18H21N3O5. The number of aromatic nitrogens is 1. The van der Waals surface area contributed by atoms with Gasteiger partial charge in [0.15, 0.2) is 0 Å². The quantitative estimate of drug-likeness (QED) is 0.784. The summed E-state index contributed by atoms with van der Waals surface area (Å²) in [5.74, 6) is -0.351. The Bertz CT molecular complexity index is 860. The summed E-state index contributed by atoms with van der Waals surface area (Å²) in [4.78, 5) is 35.8. The average Bonchev–Trinajstić information content (AvgIpc) is 2.63. The standard InChI is InChI=1S/C18H21N3O5/c1-4-21-8-7-12(9-17(21)23)18(24)19-13-5-6-14(15(10-13)26-3)20-16(22)11-25-2/h5-10H,4,11H2,1-3H3,(H,19,24)(H,20,22). The Hall–Kier alpha value is -3.13. The van der Waals surface area contributed by atoms with Gasteiger partial charge in [-0.1, -0.05) is 0 Å². The number of aryl methyl sites for hydroxylation is 1. The van der Waals surface area contributed by atoms with Crippen molar-refractivity contribution in [2.45, 2.75) is 13.5 Å². The number of anilines is 2. The van der Waals surface area contributed by atoms with Crippen LogP contribution in [0.15, 0.2) is 41.3 Å². The van der Waals surface area contributed by atoms with Crippen LogP contribution in [0.5, 0.6) is 5.75 Å². The number of ether oxygens (including phenoxy) is 2. The minimum Gasteiger partial charge on any atom is -0.494 e. The molecule has 1 heterocycles. The molecule has 0 spiro atoms. The van der Waals surface area contributed by atoms with Gasteiger partial charge in [0, 0.05) is 43.2 Å². The molecule has 0 saturated carbocycles. The van der Waals surface area contributed by atoms with E-state index in [1.54, 1.807) is 30.5 Å². The van der Waals surface area contributed by atoms with E-state index in [4.69, 9.17) is 9.47 Å². The van der Waals surface area contributed by atoms with Gasteiger partial charge in [-0.05, 0) is 25.1 Å². The van der Waals surface area contributed by atoms with E-state index in [9.17, 15) is 14.4 Å². The first kappa shape index (κ1) is 19.2. The Morgan fingerprint density at radius 2 is 1.88 bits per heavy atom. The molecular weight excluding hydrogens is 338 g/mol. The van der Waals surface area contributed by atoms with Crippen molar-refractivity contribution in [3.05, 3.63) is 52.4 Å². The van der Waals surface area contributed by atoms with Crippen molar-refractivity contribution in [2.75, 3.05) is 31.5 Å². The van der Waals surface area contributed by atoms with Crippen molar-refractivity contribution in [2.24, 2.45) is 0 Å². The number of hydrogen-bond acceptors (Lipinski definition) is 5. The zero-order chi connectivity index (χ0) is 19.1. The van der Waals surface area contributed by atoms with Crippen molar-refractivity contribution in [3.63, 3.8) is 0 Å². The fraction of sp³-hybridized carbons (Fsp3) is 0.278. The molecule has 138 valence electrons. The van der Waals surface area contributed by atoms with Crippen LogP contribution >= 0.6 is 0 Å². The number of amides is 2. The molecule has 0 fully saturated rings. The van der Waals surface area contributed by atoms with Crippen molar-refractivity contribution < 1.29 is 19.1 Å². The monoisotopic (exact) mass is 359 g/mol. The number of pyridine rings is 1.